The molecule has 0 aromatic carbocycles. The van der Waals surface area contributed by atoms with Gasteiger partial charge in [-0.3, -0.25) is 15.0 Å². The summed E-state index contributed by atoms with van der Waals surface area (Å²) < 4.78 is 5.68. The average Bonchev–Trinajstić information content (AvgIpc) is 2.78. The molecule has 1 unspecified atom stereocenters. The van der Waals surface area contributed by atoms with Crippen LogP contribution >= 0.6 is 11.3 Å². The molecular weight excluding hydrogens is 252 g/mol. The molecule has 1 aliphatic rings. The molecule has 0 spiro atoms. The molecule has 100 valence electrons. The van der Waals surface area contributed by atoms with Crippen LogP contribution < -0.4 is 0 Å². The second-order valence-electron chi connectivity index (χ2n) is 4.74. The third-order valence-corrected chi connectivity index (χ3v) is 3.99. The first kappa shape index (κ1) is 13.5. The summed E-state index contributed by atoms with van der Waals surface area (Å²) in [5.41, 5.74) is 1.00. The van der Waals surface area contributed by atoms with Crippen LogP contribution in [0.25, 0.3) is 0 Å². The predicted molar refractivity (Wildman–Crippen MR) is 70.9 cm³/mol. The maximum absolute atomic E-state index is 10.6. The van der Waals surface area contributed by atoms with Crippen LogP contribution in [0.3, 0.4) is 0 Å². The topological polar surface area (TPSA) is 55.6 Å². The lowest BCUT2D eigenvalue weighted by molar-refractivity contribution is -0.380. The lowest BCUT2D eigenvalue weighted by atomic mass is 10.1. The smallest absolute Gasteiger partial charge is 0.324 e. The molecule has 0 aliphatic carbocycles. The van der Waals surface area contributed by atoms with Gasteiger partial charge in [0.15, 0.2) is 0 Å². The molecule has 6 heteroatoms. The number of ether oxygens (including phenoxy) is 1. The molecule has 1 aromatic heterocycles. The molecule has 2 heterocycles. The van der Waals surface area contributed by atoms with E-state index in [2.05, 4.69) is 4.90 Å². The molecule has 1 aromatic rings. The van der Waals surface area contributed by atoms with Crippen LogP contribution in [0.1, 0.15) is 24.8 Å². The fourth-order valence-corrected chi connectivity index (χ4v) is 2.94. The molecule has 1 aliphatic heterocycles. The van der Waals surface area contributed by atoms with Crippen molar-refractivity contribution in [2.45, 2.75) is 31.9 Å². The monoisotopic (exact) mass is 270 g/mol. The Hall–Kier alpha value is -0.980. The van der Waals surface area contributed by atoms with Crippen LogP contribution in [-0.4, -0.2) is 36.1 Å². The largest absolute Gasteiger partial charge is 0.377 e. The van der Waals surface area contributed by atoms with E-state index in [0.29, 0.717) is 6.10 Å². The minimum atomic E-state index is -0.335. The lowest BCUT2D eigenvalue weighted by Crippen LogP contribution is -2.32. The van der Waals surface area contributed by atoms with E-state index in [0.717, 1.165) is 38.1 Å². The first-order valence-corrected chi connectivity index (χ1v) is 7.05. The molecule has 2 rings (SSSR count). The van der Waals surface area contributed by atoms with E-state index in [1.54, 1.807) is 6.07 Å². The van der Waals surface area contributed by atoms with Gasteiger partial charge in [0.25, 0.3) is 0 Å². The zero-order valence-electron chi connectivity index (χ0n) is 10.5. The SMILES string of the molecule is CN(Cc1csc([N+](=O)[O-])c1)CC1CCCCO1. The molecule has 5 nitrogen and oxygen atoms in total. The van der Waals surface area contributed by atoms with Crippen LogP contribution in [-0.2, 0) is 11.3 Å². The zero-order valence-corrected chi connectivity index (χ0v) is 11.3. The van der Waals surface area contributed by atoms with Gasteiger partial charge in [0.2, 0.25) is 0 Å². The summed E-state index contributed by atoms with van der Waals surface area (Å²) in [7, 11) is 2.03. The number of likely N-dealkylation sites (N-methyl/N-ethyl adjacent to an activating group) is 1. The van der Waals surface area contributed by atoms with Gasteiger partial charge in [-0.2, -0.15) is 0 Å². The van der Waals surface area contributed by atoms with Crippen LogP contribution in [0, 0.1) is 10.1 Å². The third kappa shape index (κ3) is 3.76. The van der Waals surface area contributed by atoms with Crippen molar-refractivity contribution in [3.8, 4) is 0 Å². The Balaban J connectivity index is 1.82. The minimum Gasteiger partial charge on any atom is -0.377 e. The number of nitro groups is 1. The van der Waals surface area contributed by atoms with Gasteiger partial charge < -0.3 is 4.74 Å². The molecule has 18 heavy (non-hydrogen) atoms. The summed E-state index contributed by atoms with van der Waals surface area (Å²) in [5.74, 6) is 0. The summed E-state index contributed by atoms with van der Waals surface area (Å²) in [4.78, 5) is 12.4. The van der Waals surface area contributed by atoms with Crippen molar-refractivity contribution < 1.29 is 9.66 Å². The Kier molecular flexibility index (Phi) is 4.68. The molecular formula is C12H18N2O3S. The van der Waals surface area contributed by atoms with Gasteiger partial charge in [0.05, 0.1) is 11.0 Å². The maximum atomic E-state index is 10.6. The van der Waals surface area contributed by atoms with E-state index in [-0.39, 0.29) is 9.92 Å². The highest BCUT2D eigenvalue weighted by molar-refractivity contribution is 7.13. The van der Waals surface area contributed by atoms with E-state index in [1.165, 1.54) is 17.8 Å². The number of rotatable bonds is 5. The van der Waals surface area contributed by atoms with Gasteiger partial charge >= 0.3 is 5.00 Å². The van der Waals surface area contributed by atoms with Crippen LogP contribution in [0.15, 0.2) is 11.4 Å². The average molecular weight is 270 g/mol. The molecule has 0 amide bonds. The minimum absolute atomic E-state index is 0.215. The first-order valence-electron chi connectivity index (χ1n) is 6.17. The quantitative estimate of drug-likeness (QED) is 0.609. The lowest BCUT2D eigenvalue weighted by Gasteiger charge is -2.27. The van der Waals surface area contributed by atoms with Crippen molar-refractivity contribution in [2.24, 2.45) is 0 Å². The van der Waals surface area contributed by atoms with Crippen molar-refractivity contribution in [3.63, 3.8) is 0 Å². The fraction of sp³-hybridized carbons (Fsp3) is 0.667. The predicted octanol–water partition coefficient (Wildman–Crippen LogP) is 2.66. The molecule has 0 bridgehead atoms. The van der Waals surface area contributed by atoms with Crippen molar-refractivity contribution in [1.29, 1.82) is 0 Å². The second kappa shape index (κ2) is 6.26. The van der Waals surface area contributed by atoms with Crippen LogP contribution in [0.5, 0.6) is 0 Å². The normalized spacial score (nSPS) is 20.2. The summed E-state index contributed by atoms with van der Waals surface area (Å²) >= 11 is 1.19. The number of thiophene rings is 1. The van der Waals surface area contributed by atoms with Crippen molar-refractivity contribution in [3.05, 3.63) is 27.1 Å². The Morgan fingerprint density at radius 2 is 2.44 bits per heavy atom. The van der Waals surface area contributed by atoms with E-state index in [9.17, 15) is 10.1 Å². The second-order valence-corrected chi connectivity index (χ2v) is 5.63. The highest BCUT2D eigenvalue weighted by Crippen LogP contribution is 2.23. The Morgan fingerprint density at radius 1 is 1.61 bits per heavy atom. The van der Waals surface area contributed by atoms with E-state index >= 15 is 0 Å². The maximum Gasteiger partial charge on any atom is 0.324 e. The summed E-state index contributed by atoms with van der Waals surface area (Å²) in [6.07, 6.45) is 3.84. The number of hydrogen-bond acceptors (Lipinski definition) is 5. The summed E-state index contributed by atoms with van der Waals surface area (Å²) in [6.45, 7) is 2.50. The Morgan fingerprint density at radius 3 is 3.06 bits per heavy atom. The molecule has 1 atom stereocenters. The van der Waals surface area contributed by atoms with Crippen LogP contribution in [0.2, 0.25) is 0 Å². The molecule has 0 radical (unpaired) electrons. The molecule has 1 fully saturated rings. The van der Waals surface area contributed by atoms with Gasteiger partial charge in [-0.15, -0.1) is 0 Å². The Bertz CT molecular complexity index is 402. The van der Waals surface area contributed by atoms with E-state index in [4.69, 9.17) is 4.74 Å². The number of nitrogens with zero attached hydrogens (tertiary/aromatic N) is 2. The molecule has 0 saturated carbocycles. The number of hydrogen-bond donors (Lipinski definition) is 0. The van der Waals surface area contributed by atoms with Crippen molar-refractivity contribution in [1.82, 2.24) is 4.90 Å². The highest BCUT2D eigenvalue weighted by atomic mass is 32.1. The van der Waals surface area contributed by atoms with Gasteiger partial charge in [0.1, 0.15) is 0 Å². The van der Waals surface area contributed by atoms with E-state index in [1.807, 2.05) is 12.4 Å². The van der Waals surface area contributed by atoms with E-state index < -0.39 is 0 Å². The van der Waals surface area contributed by atoms with Gasteiger partial charge in [-0.05, 0) is 31.9 Å². The van der Waals surface area contributed by atoms with Gasteiger partial charge in [0, 0.05) is 31.1 Å². The zero-order chi connectivity index (χ0) is 13.0. The van der Waals surface area contributed by atoms with Crippen LogP contribution in [0.4, 0.5) is 5.00 Å². The molecule has 0 N–H and O–H groups in total. The van der Waals surface area contributed by atoms with Gasteiger partial charge in [-0.25, -0.2) is 0 Å². The fourth-order valence-electron chi connectivity index (χ4n) is 2.22. The highest BCUT2D eigenvalue weighted by Gasteiger charge is 2.17. The van der Waals surface area contributed by atoms with Gasteiger partial charge in [-0.1, -0.05) is 11.3 Å². The van der Waals surface area contributed by atoms with Crippen molar-refractivity contribution in [2.75, 3.05) is 20.2 Å². The summed E-state index contributed by atoms with van der Waals surface area (Å²) in [5, 5.41) is 12.7. The first-order chi connectivity index (χ1) is 8.65. The van der Waals surface area contributed by atoms with Crippen molar-refractivity contribution >= 4 is 16.3 Å². The standard InChI is InChI=1S/C12H18N2O3S/c1-13(8-11-4-2-3-5-17-11)7-10-6-12(14(15)16)18-9-10/h6,9,11H,2-5,7-8H2,1H3. The Labute approximate surface area is 111 Å². The third-order valence-electron chi connectivity index (χ3n) is 3.06. The molecule has 1 saturated heterocycles. The summed E-state index contributed by atoms with van der Waals surface area (Å²) in [6, 6.07) is 1.66.